The summed E-state index contributed by atoms with van der Waals surface area (Å²) >= 11 is 0. The third kappa shape index (κ3) is 15.0. The third-order valence-corrected chi connectivity index (χ3v) is 5.80. The van der Waals surface area contributed by atoms with Crippen molar-refractivity contribution >= 4 is 0 Å². The number of aliphatic hydroxyl groups excluding tert-OH is 1. The molecular formula is C23H48N2O. The molecule has 0 saturated carbocycles. The van der Waals surface area contributed by atoms with E-state index in [0.717, 1.165) is 32.7 Å². The zero-order valence-electron chi connectivity index (χ0n) is 17.8. The van der Waals surface area contributed by atoms with Gasteiger partial charge in [0.25, 0.3) is 0 Å². The van der Waals surface area contributed by atoms with Gasteiger partial charge in [0.1, 0.15) is 0 Å². The fraction of sp³-hybridized carbons (Fsp3) is 1.00. The maximum atomic E-state index is 10.1. The van der Waals surface area contributed by atoms with E-state index < -0.39 is 0 Å². The predicted molar refractivity (Wildman–Crippen MR) is 115 cm³/mol. The molecule has 1 unspecified atom stereocenters. The molecule has 1 aliphatic rings. The Morgan fingerprint density at radius 3 is 1.62 bits per heavy atom. The molecule has 1 heterocycles. The predicted octanol–water partition coefficient (Wildman–Crippen LogP) is 5.86. The quantitative estimate of drug-likeness (QED) is 0.280. The van der Waals surface area contributed by atoms with Crippen LogP contribution in [0.4, 0.5) is 0 Å². The molecule has 0 aromatic heterocycles. The smallest absolute Gasteiger partial charge is 0.0667 e. The van der Waals surface area contributed by atoms with Crippen molar-refractivity contribution in [1.82, 2.24) is 10.2 Å². The second kappa shape index (κ2) is 18.3. The third-order valence-electron chi connectivity index (χ3n) is 5.80. The lowest BCUT2D eigenvalue weighted by molar-refractivity contribution is 0.114. The minimum absolute atomic E-state index is 0.124. The van der Waals surface area contributed by atoms with E-state index in [2.05, 4.69) is 17.1 Å². The normalized spacial score (nSPS) is 16.4. The molecule has 0 spiro atoms. The van der Waals surface area contributed by atoms with Crippen LogP contribution in [0.5, 0.6) is 0 Å². The topological polar surface area (TPSA) is 35.5 Å². The second-order valence-electron chi connectivity index (χ2n) is 8.48. The number of hydrogen-bond donors (Lipinski definition) is 2. The van der Waals surface area contributed by atoms with Gasteiger partial charge in [-0.2, -0.15) is 0 Å². The lowest BCUT2D eigenvalue weighted by Crippen LogP contribution is -2.31. The van der Waals surface area contributed by atoms with Crippen LogP contribution in [-0.4, -0.2) is 42.4 Å². The Hall–Kier alpha value is -0.120. The lowest BCUT2D eigenvalue weighted by Gasteiger charge is -2.18. The highest BCUT2D eigenvalue weighted by Gasteiger charge is 2.14. The first kappa shape index (κ1) is 23.9. The summed E-state index contributed by atoms with van der Waals surface area (Å²) in [5.41, 5.74) is 0. The highest BCUT2D eigenvalue weighted by molar-refractivity contribution is 4.70. The summed E-state index contributed by atoms with van der Waals surface area (Å²) < 4.78 is 0. The summed E-state index contributed by atoms with van der Waals surface area (Å²) in [5, 5.41) is 13.4. The van der Waals surface area contributed by atoms with Crippen molar-refractivity contribution in [3.8, 4) is 0 Å². The number of nitrogens with zero attached hydrogens (tertiary/aromatic N) is 1. The monoisotopic (exact) mass is 368 g/mol. The molecule has 26 heavy (non-hydrogen) atoms. The Morgan fingerprint density at radius 1 is 0.731 bits per heavy atom. The van der Waals surface area contributed by atoms with Gasteiger partial charge in [0.05, 0.1) is 6.10 Å². The maximum Gasteiger partial charge on any atom is 0.0667 e. The van der Waals surface area contributed by atoms with Crippen molar-refractivity contribution in [3.05, 3.63) is 0 Å². The van der Waals surface area contributed by atoms with Crippen molar-refractivity contribution in [2.75, 3.05) is 26.3 Å². The fourth-order valence-corrected chi connectivity index (χ4v) is 4.03. The number of β-amino-alcohol motifs (C(OH)–C–C–N with tert-alkyl or cyclic N) is 1. The van der Waals surface area contributed by atoms with Gasteiger partial charge in [-0.1, -0.05) is 110 Å². The van der Waals surface area contributed by atoms with E-state index in [4.69, 9.17) is 0 Å². The molecule has 0 aliphatic carbocycles. The van der Waals surface area contributed by atoms with Gasteiger partial charge in [0.15, 0.2) is 0 Å². The molecule has 0 bridgehead atoms. The summed E-state index contributed by atoms with van der Waals surface area (Å²) in [6, 6.07) is 0. The van der Waals surface area contributed by atoms with Crippen LogP contribution in [0, 0.1) is 0 Å². The molecule has 1 aliphatic heterocycles. The van der Waals surface area contributed by atoms with Gasteiger partial charge < -0.3 is 10.4 Å². The van der Waals surface area contributed by atoms with E-state index in [9.17, 15) is 5.11 Å². The molecule has 2 N–H and O–H groups in total. The van der Waals surface area contributed by atoms with Gasteiger partial charge >= 0.3 is 0 Å². The van der Waals surface area contributed by atoms with Gasteiger partial charge in [-0.3, -0.25) is 4.90 Å². The Bertz CT molecular complexity index is 279. The minimum Gasteiger partial charge on any atom is -0.392 e. The van der Waals surface area contributed by atoms with Gasteiger partial charge in [-0.25, -0.2) is 0 Å². The Morgan fingerprint density at radius 2 is 1.19 bits per heavy atom. The average Bonchev–Trinajstić information content (AvgIpc) is 3.14. The van der Waals surface area contributed by atoms with Crippen LogP contribution in [0.25, 0.3) is 0 Å². The molecule has 1 atom stereocenters. The molecule has 0 aromatic carbocycles. The number of aliphatic hydroxyl groups is 1. The van der Waals surface area contributed by atoms with Crippen molar-refractivity contribution in [2.24, 2.45) is 0 Å². The Kier molecular flexibility index (Phi) is 16.8. The van der Waals surface area contributed by atoms with Crippen LogP contribution in [0.1, 0.15) is 116 Å². The van der Waals surface area contributed by atoms with Gasteiger partial charge in [-0.05, 0) is 6.42 Å². The van der Waals surface area contributed by atoms with E-state index in [1.165, 1.54) is 103 Å². The van der Waals surface area contributed by atoms with E-state index in [-0.39, 0.29) is 6.10 Å². The molecular weight excluding hydrogens is 320 g/mol. The summed E-state index contributed by atoms with van der Waals surface area (Å²) in [5.74, 6) is 0. The molecule has 3 heteroatoms. The molecule has 0 aromatic rings. The van der Waals surface area contributed by atoms with Crippen LogP contribution in [0.3, 0.4) is 0 Å². The van der Waals surface area contributed by atoms with E-state index >= 15 is 0 Å². The van der Waals surface area contributed by atoms with Crippen molar-refractivity contribution in [1.29, 1.82) is 0 Å². The van der Waals surface area contributed by atoms with Crippen molar-refractivity contribution < 1.29 is 5.11 Å². The van der Waals surface area contributed by atoms with E-state index in [1.807, 2.05) is 0 Å². The highest BCUT2D eigenvalue weighted by Crippen LogP contribution is 2.14. The fourth-order valence-electron chi connectivity index (χ4n) is 4.03. The van der Waals surface area contributed by atoms with Gasteiger partial charge in [0.2, 0.25) is 0 Å². The standard InChI is InChI=1S/C23H48N2O/c1-2-3-4-5-6-7-8-9-10-11-12-13-14-15-16-17-18-23(26)21-25-20-19-24-22-25/h23-24,26H,2-22H2,1H3. The van der Waals surface area contributed by atoms with Crippen molar-refractivity contribution in [2.45, 2.75) is 122 Å². The first-order valence-corrected chi connectivity index (χ1v) is 11.9. The van der Waals surface area contributed by atoms with Crippen LogP contribution < -0.4 is 5.32 Å². The summed E-state index contributed by atoms with van der Waals surface area (Å²) in [4.78, 5) is 2.32. The molecule has 0 radical (unpaired) electrons. The summed E-state index contributed by atoms with van der Waals surface area (Å²) in [6.07, 6.45) is 23.4. The van der Waals surface area contributed by atoms with Crippen LogP contribution in [0.15, 0.2) is 0 Å². The first-order valence-electron chi connectivity index (χ1n) is 11.9. The van der Waals surface area contributed by atoms with Crippen molar-refractivity contribution in [3.63, 3.8) is 0 Å². The summed E-state index contributed by atoms with van der Waals surface area (Å²) in [7, 11) is 0. The minimum atomic E-state index is -0.124. The lowest BCUT2D eigenvalue weighted by atomic mass is 10.0. The van der Waals surface area contributed by atoms with Crippen LogP contribution >= 0.6 is 0 Å². The Labute approximate surface area is 164 Å². The largest absolute Gasteiger partial charge is 0.392 e. The number of rotatable bonds is 19. The van der Waals surface area contributed by atoms with E-state index in [1.54, 1.807) is 0 Å². The zero-order valence-corrected chi connectivity index (χ0v) is 17.8. The first-order chi connectivity index (χ1) is 12.8. The van der Waals surface area contributed by atoms with Gasteiger partial charge in [-0.15, -0.1) is 0 Å². The number of nitrogens with one attached hydrogen (secondary N) is 1. The summed E-state index contributed by atoms with van der Waals surface area (Å²) in [6.45, 7) is 6.27. The second-order valence-corrected chi connectivity index (χ2v) is 8.48. The molecule has 3 nitrogen and oxygen atoms in total. The average molecular weight is 369 g/mol. The highest BCUT2D eigenvalue weighted by atomic mass is 16.3. The number of hydrogen-bond acceptors (Lipinski definition) is 3. The van der Waals surface area contributed by atoms with Crippen LogP contribution in [0.2, 0.25) is 0 Å². The molecule has 156 valence electrons. The van der Waals surface area contributed by atoms with Crippen LogP contribution in [-0.2, 0) is 0 Å². The molecule has 0 amide bonds. The zero-order chi connectivity index (χ0) is 18.7. The SMILES string of the molecule is CCCCCCCCCCCCCCCCCCC(O)CN1CCNC1. The van der Waals surface area contributed by atoms with E-state index in [0.29, 0.717) is 0 Å². The number of unbranched alkanes of at least 4 members (excludes halogenated alkanes) is 15. The molecule has 1 rings (SSSR count). The molecule has 1 saturated heterocycles. The Balaban J connectivity index is 1.69. The molecule has 1 fully saturated rings. The van der Waals surface area contributed by atoms with Gasteiger partial charge in [0, 0.05) is 26.3 Å². The maximum absolute atomic E-state index is 10.1.